The summed E-state index contributed by atoms with van der Waals surface area (Å²) in [7, 11) is 0. The molecule has 2 rings (SSSR count). The van der Waals surface area contributed by atoms with Crippen LogP contribution in [0.3, 0.4) is 0 Å². The van der Waals surface area contributed by atoms with Crippen molar-refractivity contribution in [1.29, 1.82) is 0 Å². The van der Waals surface area contributed by atoms with Gasteiger partial charge in [-0.25, -0.2) is 0 Å². The van der Waals surface area contributed by atoms with Crippen molar-refractivity contribution in [3.05, 3.63) is 0 Å². The molecule has 2 aliphatic rings. The summed E-state index contributed by atoms with van der Waals surface area (Å²) in [5.41, 5.74) is 0. The zero-order chi connectivity index (χ0) is 11.7. The Morgan fingerprint density at radius 2 is 2.00 bits per heavy atom. The van der Waals surface area contributed by atoms with Gasteiger partial charge >= 0.3 is 5.97 Å². The summed E-state index contributed by atoms with van der Waals surface area (Å²) in [6.07, 6.45) is 5.54. The maximum atomic E-state index is 11.2. The summed E-state index contributed by atoms with van der Waals surface area (Å²) >= 11 is 0. The molecule has 3 atom stereocenters. The van der Waals surface area contributed by atoms with Crippen molar-refractivity contribution in [2.45, 2.75) is 58.0 Å². The molecule has 0 aromatic rings. The first-order chi connectivity index (χ1) is 7.61. The lowest BCUT2D eigenvalue weighted by Crippen LogP contribution is -2.45. The average molecular weight is 225 g/mol. The Kier molecular flexibility index (Phi) is 3.53. The van der Waals surface area contributed by atoms with Crippen LogP contribution in [-0.2, 0) is 4.79 Å². The Morgan fingerprint density at radius 3 is 2.62 bits per heavy atom. The van der Waals surface area contributed by atoms with Crippen LogP contribution in [0.15, 0.2) is 0 Å². The molecule has 92 valence electrons. The fraction of sp³-hybridized carbons (Fsp3) is 0.923. The first-order valence-electron chi connectivity index (χ1n) is 6.60. The Hall–Kier alpha value is -0.570. The Bertz CT molecular complexity index is 265. The van der Waals surface area contributed by atoms with Crippen LogP contribution in [0.2, 0.25) is 0 Å². The van der Waals surface area contributed by atoms with Crippen molar-refractivity contribution < 1.29 is 9.90 Å². The van der Waals surface area contributed by atoms with Crippen LogP contribution < -0.4 is 0 Å². The van der Waals surface area contributed by atoms with Gasteiger partial charge in [-0.1, -0.05) is 20.3 Å². The highest BCUT2D eigenvalue weighted by Crippen LogP contribution is 2.36. The van der Waals surface area contributed by atoms with Crippen molar-refractivity contribution in [1.82, 2.24) is 4.90 Å². The van der Waals surface area contributed by atoms with Crippen molar-refractivity contribution >= 4 is 5.97 Å². The molecule has 0 aromatic carbocycles. The molecule has 1 aliphatic carbocycles. The summed E-state index contributed by atoms with van der Waals surface area (Å²) in [5.74, 6) is -0.0474. The van der Waals surface area contributed by atoms with Crippen molar-refractivity contribution in [3.63, 3.8) is 0 Å². The number of carboxylic acid groups (broad SMARTS) is 1. The van der Waals surface area contributed by atoms with E-state index in [4.69, 9.17) is 0 Å². The summed E-state index contributed by atoms with van der Waals surface area (Å²) < 4.78 is 0. The van der Waals surface area contributed by atoms with Crippen LogP contribution in [0.4, 0.5) is 0 Å². The molecule has 3 unspecified atom stereocenters. The minimum atomic E-state index is -0.586. The Balaban J connectivity index is 2.08. The second kappa shape index (κ2) is 4.74. The van der Waals surface area contributed by atoms with E-state index in [-0.39, 0.29) is 5.92 Å². The van der Waals surface area contributed by atoms with Crippen LogP contribution in [0.1, 0.15) is 46.0 Å². The lowest BCUT2D eigenvalue weighted by atomic mass is 9.97. The van der Waals surface area contributed by atoms with Gasteiger partial charge in [0.1, 0.15) is 0 Å². The molecule has 1 saturated heterocycles. The van der Waals surface area contributed by atoms with E-state index < -0.39 is 5.97 Å². The van der Waals surface area contributed by atoms with Crippen LogP contribution in [-0.4, -0.2) is 34.6 Å². The molecular weight excluding hydrogens is 202 g/mol. The Morgan fingerprint density at radius 1 is 1.25 bits per heavy atom. The molecule has 3 nitrogen and oxygen atoms in total. The van der Waals surface area contributed by atoms with Crippen LogP contribution in [0.25, 0.3) is 0 Å². The third kappa shape index (κ3) is 2.10. The van der Waals surface area contributed by atoms with Gasteiger partial charge in [0.25, 0.3) is 0 Å². The highest BCUT2D eigenvalue weighted by molar-refractivity contribution is 5.71. The molecule has 0 radical (unpaired) electrons. The van der Waals surface area contributed by atoms with E-state index in [9.17, 15) is 9.90 Å². The minimum absolute atomic E-state index is 0.112. The summed E-state index contributed by atoms with van der Waals surface area (Å²) in [6, 6.07) is 0.928. The second-order valence-corrected chi connectivity index (χ2v) is 5.63. The monoisotopic (exact) mass is 225 g/mol. The largest absolute Gasteiger partial charge is 0.481 e. The fourth-order valence-electron chi connectivity index (χ4n) is 3.57. The first kappa shape index (κ1) is 11.9. The van der Waals surface area contributed by atoms with E-state index in [0.717, 1.165) is 25.8 Å². The number of nitrogens with zero attached hydrogens (tertiary/aromatic N) is 1. The molecular formula is C13H23NO2. The van der Waals surface area contributed by atoms with Gasteiger partial charge in [0, 0.05) is 12.1 Å². The molecule has 2 fully saturated rings. The topological polar surface area (TPSA) is 40.5 Å². The van der Waals surface area contributed by atoms with Gasteiger partial charge in [0.15, 0.2) is 0 Å². The Labute approximate surface area is 97.8 Å². The SMILES string of the molecule is CC(C)C1CCCN1C1CCCC1C(=O)O. The van der Waals surface area contributed by atoms with Gasteiger partial charge in [0.2, 0.25) is 0 Å². The van der Waals surface area contributed by atoms with E-state index in [1.807, 2.05) is 0 Å². The first-order valence-corrected chi connectivity index (χ1v) is 6.60. The lowest BCUT2D eigenvalue weighted by molar-refractivity contribution is -0.143. The normalized spacial score (nSPS) is 36.1. The summed E-state index contributed by atoms with van der Waals surface area (Å²) in [4.78, 5) is 13.7. The molecule has 1 saturated carbocycles. The van der Waals surface area contributed by atoms with Gasteiger partial charge in [-0.2, -0.15) is 0 Å². The lowest BCUT2D eigenvalue weighted by Gasteiger charge is -2.35. The fourth-order valence-corrected chi connectivity index (χ4v) is 3.57. The molecule has 1 aliphatic heterocycles. The van der Waals surface area contributed by atoms with Gasteiger partial charge in [-0.3, -0.25) is 9.69 Å². The zero-order valence-corrected chi connectivity index (χ0v) is 10.4. The number of carbonyl (C=O) groups is 1. The van der Waals surface area contributed by atoms with Gasteiger partial charge in [0.05, 0.1) is 5.92 Å². The predicted octanol–water partition coefficient (Wildman–Crippen LogP) is 2.36. The van der Waals surface area contributed by atoms with E-state index >= 15 is 0 Å². The predicted molar refractivity (Wildman–Crippen MR) is 63.3 cm³/mol. The molecule has 1 heterocycles. The van der Waals surface area contributed by atoms with Gasteiger partial charge < -0.3 is 5.11 Å². The third-order valence-electron chi connectivity index (χ3n) is 4.33. The van der Waals surface area contributed by atoms with Crippen molar-refractivity contribution in [3.8, 4) is 0 Å². The molecule has 0 spiro atoms. The second-order valence-electron chi connectivity index (χ2n) is 5.63. The van der Waals surface area contributed by atoms with Crippen LogP contribution in [0.5, 0.6) is 0 Å². The quantitative estimate of drug-likeness (QED) is 0.801. The number of likely N-dealkylation sites (tertiary alicyclic amines) is 1. The number of aliphatic carboxylic acids is 1. The zero-order valence-electron chi connectivity index (χ0n) is 10.4. The highest BCUT2D eigenvalue weighted by atomic mass is 16.4. The summed E-state index contributed by atoms with van der Waals surface area (Å²) in [6.45, 7) is 5.62. The molecule has 16 heavy (non-hydrogen) atoms. The van der Waals surface area contributed by atoms with Crippen molar-refractivity contribution in [2.75, 3.05) is 6.54 Å². The maximum absolute atomic E-state index is 11.2. The summed E-state index contributed by atoms with van der Waals surface area (Å²) in [5, 5.41) is 9.24. The smallest absolute Gasteiger partial charge is 0.308 e. The van der Waals surface area contributed by atoms with Gasteiger partial charge in [-0.05, 0) is 38.1 Å². The maximum Gasteiger partial charge on any atom is 0.308 e. The van der Waals surface area contributed by atoms with Crippen LogP contribution in [0, 0.1) is 11.8 Å². The van der Waals surface area contributed by atoms with E-state index in [1.165, 1.54) is 12.8 Å². The molecule has 1 N–H and O–H groups in total. The van der Waals surface area contributed by atoms with E-state index in [0.29, 0.717) is 18.0 Å². The van der Waals surface area contributed by atoms with Gasteiger partial charge in [-0.15, -0.1) is 0 Å². The average Bonchev–Trinajstić information content (AvgIpc) is 2.85. The number of carboxylic acids is 1. The number of hydrogen-bond donors (Lipinski definition) is 1. The minimum Gasteiger partial charge on any atom is -0.481 e. The molecule has 0 amide bonds. The highest BCUT2D eigenvalue weighted by Gasteiger charge is 2.41. The van der Waals surface area contributed by atoms with E-state index in [2.05, 4.69) is 18.7 Å². The molecule has 3 heteroatoms. The number of hydrogen-bond acceptors (Lipinski definition) is 2. The third-order valence-corrected chi connectivity index (χ3v) is 4.33. The standard InChI is InChI=1S/C13H23NO2/c1-9(2)11-7-4-8-14(11)12-6-3-5-10(12)13(15)16/h9-12H,3-8H2,1-2H3,(H,15,16). The van der Waals surface area contributed by atoms with Crippen molar-refractivity contribution in [2.24, 2.45) is 11.8 Å². The molecule has 0 bridgehead atoms. The molecule has 0 aromatic heterocycles. The van der Waals surface area contributed by atoms with Crippen LogP contribution >= 0.6 is 0 Å². The number of rotatable bonds is 3. The van der Waals surface area contributed by atoms with E-state index in [1.54, 1.807) is 0 Å².